The van der Waals surface area contributed by atoms with Crippen molar-refractivity contribution in [1.29, 1.82) is 0 Å². The minimum atomic E-state index is -0.303. The lowest BCUT2D eigenvalue weighted by atomic mass is 10.1. The molecule has 1 rings (SSSR count). The summed E-state index contributed by atoms with van der Waals surface area (Å²) >= 11 is 0. The third kappa shape index (κ3) is 3.24. The molecule has 88 valence electrons. The minimum Gasteiger partial charge on any atom is -0.497 e. The molecule has 0 aliphatic heterocycles. The van der Waals surface area contributed by atoms with Gasteiger partial charge in [0, 0.05) is 7.11 Å². The first-order valence-corrected chi connectivity index (χ1v) is 4.94. The van der Waals surface area contributed by atoms with Crippen molar-refractivity contribution in [3.8, 4) is 5.75 Å². The number of carbonyl (C=O) groups is 1. The fraction of sp³-hybridized carbons (Fsp3) is 0.417. The summed E-state index contributed by atoms with van der Waals surface area (Å²) in [4.78, 5) is 11.2. The van der Waals surface area contributed by atoms with Crippen molar-refractivity contribution < 1.29 is 19.0 Å². The molecular weight excluding hydrogens is 208 g/mol. The van der Waals surface area contributed by atoms with E-state index in [0.29, 0.717) is 0 Å². The molecule has 4 heteroatoms. The first-order valence-electron chi connectivity index (χ1n) is 4.94. The zero-order chi connectivity index (χ0) is 12.0. The van der Waals surface area contributed by atoms with Crippen LogP contribution in [0.2, 0.25) is 0 Å². The van der Waals surface area contributed by atoms with Crippen LogP contribution in [-0.4, -0.2) is 27.3 Å². The summed E-state index contributed by atoms with van der Waals surface area (Å²) in [5.74, 6) is 0.444. The van der Waals surface area contributed by atoms with Crippen molar-refractivity contribution >= 4 is 5.97 Å². The summed E-state index contributed by atoms with van der Waals surface area (Å²) in [6.45, 7) is 0. The second-order valence-electron chi connectivity index (χ2n) is 3.28. The lowest BCUT2D eigenvalue weighted by molar-refractivity contribution is -0.143. The Kier molecular flexibility index (Phi) is 4.79. The van der Waals surface area contributed by atoms with Crippen LogP contribution in [0.1, 0.15) is 18.1 Å². The summed E-state index contributed by atoms with van der Waals surface area (Å²) in [5, 5.41) is 0. The Morgan fingerprint density at radius 1 is 1.31 bits per heavy atom. The average Bonchev–Trinajstić information content (AvgIpc) is 2.35. The highest BCUT2D eigenvalue weighted by Gasteiger charge is 2.16. The molecule has 0 amide bonds. The summed E-state index contributed by atoms with van der Waals surface area (Å²) in [7, 11) is 4.52. The third-order valence-corrected chi connectivity index (χ3v) is 2.33. The van der Waals surface area contributed by atoms with Gasteiger partial charge in [-0.15, -0.1) is 0 Å². The number of methoxy groups -OCH3 is 3. The number of hydrogen-bond acceptors (Lipinski definition) is 4. The van der Waals surface area contributed by atoms with Gasteiger partial charge in [-0.1, -0.05) is 12.1 Å². The fourth-order valence-electron chi connectivity index (χ4n) is 1.41. The zero-order valence-corrected chi connectivity index (χ0v) is 9.73. The molecule has 16 heavy (non-hydrogen) atoms. The van der Waals surface area contributed by atoms with E-state index in [9.17, 15) is 4.79 Å². The maximum Gasteiger partial charge on any atom is 0.308 e. The van der Waals surface area contributed by atoms with E-state index < -0.39 is 0 Å². The molecule has 0 spiro atoms. The van der Waals surface area contributed by atoms with Crippen LogP contribution in [0.5, 0.6) is 5.75 Å². The average molecular weight is 224 g/mol. The van der Waals surface area contributed by atoms with Crippen LogP contribution in [0, 0.1) is 0 Å². The van der Waals surface area contributed by atoms with Crippen LogP contribution < -0.4 is 4.74 Å². The highest BCUT2D eigenvalue weighted by molar-refractivity contribution is 5.70. The SMILES string of the molecule is COC(=O)CC(OC)c1cccc(OC)c1. The van der Waals surface area contributed by atoms with Gasteiger partial charge in [-0.25, -0.2) is 0 Å². The molecule has 1 aromatic rings. The quantitative estimate of drug-likeness (QED) is 0.717. The topological polar surface area (TPSA) is 44.8 Å². The Morgan fingerprint density at radius 3 is 2.62 bits per heavy atom. The Labute approximate surface area is 95.1 Å². The summed E-state index contributed by atoms with van der Waals surface area (Å²) in [5.41, 5.74) is 0.896. The van der Waals surface area contributed by atoms with Crippen LogP contribution in [0.3, 0.4) is 0 Å². The molecule has 0 aromatic heterocycles. The van der Waals surface area contributed by atoms with E-state index in [1.54, 1.807) is 14.2 Å². The van der Waals surface area contributed by atoms with Gasteiger partial charge in [-0.3, -0.25) is 4.79 Å². The largest absolute Gasteiger partial charge is 0.497 e. The third-order valence-electron chi connectivity index (χ3n) is 2.33. The Morgan fingerprint density at radius 2 is 2.06 bits per heavy atom. The van der Waals surface area contributed by atoms with Crippen LogP contribution in [0.15, 0.2) is 24.3 Å². The minimum absolute atomic E-state index is 0.195. The van der Waals surface area contributed by atoms with Gasteiger partial charge < -0.3 is 14.2 Å². The fourth-order valence-corrected chi connectivity index (χ4v) is 1.41. The molecule has 0 heterocycles. The zero-order valence-electron chi connectivity index (χ0n) is 9.73. The van der Waals surface area contributed by atoms with Crippen molar-refractivity contribution in [2.24, 2.45) is 0 Å². The Hall–Kier alpha value is -1.55. The van der Waals surface area contributed by atoms with Gasteiger partial charge in [-0.2, -0.15) is 0 Å². The van der Waals surface area contributed by atoms with Gasteiger partial charge in [-0.05, 0) is 17.7 Å². The standard InChI is InChI=1S/C12H16O4/c1-14-10-6-4-5-9(7-10)11(15-2)8-12(13)16-3/h4-7,11H,8H2,1-3H3. The van der Waals surface area contributed by atoms with Crippen LogP contribution >= 0.6 is 0 Å². The van der Waals surface area contributed by atoms with Gasteiger partial charge in [0.2, 0.25) is 0 Å². The normalized spacial score (nSPS) is 11.9. The smallest absolute Gasteiger partial charge is 0.308 e. The van der Waals surface area contributed by atoms with E-state index >= 15 is 0 Å². The number of esters is 1. The summed E-state index contributed by atoms with van der Waals surface area (Å²) in [6.07, 6.45) is -0.109. The number of ether oxygens (including phenoxy) is 3. The molecule has 0 saturated heterocycles. The van der Waals surface area contributed by atoms with Crippen molar-refractivity contribution in [3.63, 3.8) is 0 Å². The second kappa shape index (κ2) is 6.12. The van der Waals surface area contributed by atoms with Crippen molar-refractivity contribution in [1.82, 2.24) is 0 Å². The molecule has 0 bridgehead atoms. The molecule has 1 atom stereocenters. The Bertz CT molecular complexity index is 349. The number of rotatable bonds is 5. The second-order valence-corrected chi connectivity index (χ2v) is 3.28. The van der Waals surface area contributed by atoms with E-state index in [4.69, 9.17) is 9.47 Å². The first kappa shape index (κ1) is 12.5. The van der Waals surface area contributed by atoms with Gasteiger partial charge in [0.25, 0.3) is 0 Å². The van der Waals surface area contributed by atoms with Gasteiger partial charge in [0.15, 0.2) is 0 Å². The van der Waals surface area contributed by atoms with E-state index in [1.165, 1.54) is 7.11 Å². The van der Waals surface area contributed by atoms with Crippen LogP contribution in [0.25, 0.3) is 0 Å². The molecule has 1 aromatic carbocycles. The highest BCUT2D eigenvalue weighted by atomic mass is 16.5. The molecule has 0 aliphatic rings. The molecule has 0 N–H and O–H groups in total. The molecule has 0 fully saturated rings. The van der Waals surface area contributed by atoms with Gasteiger partial charge in [0.05, 0.1) is 26.7 Å². The van der Waals surface area contributed by atoms with E-state index in [0.717, 1.165) is 11.3 Å². The van der Waals surface area contributed by atoms with Crippen molar-refractivity contribution in [2.45, 2.75) is 12.5 Å². The molecule has 0 aliphatic carbocycles. The predicted octanol–water partition coefficient (Wildman–Crippen LogP) is 1.95. The molecule has 0 saturated carbocycles. The molecule has 1 unspecified atom stereocenters. The highest BCUT2D eigenvalue weighted by Crippen LogP contribution is 2.24. The monoisotopic (exact) mass is 224 g/mol. The van der Waals surface area contributed by atoms with E-state index in [2.05, 4.69) is 4.74 Å². The van der Waals surface area contributed by atoms with E-state index in [-0.39, 0.29) is 18.5 Å². The lowest BCUT2D eigenvalue weighted by Crippen LogP contribution is -2.10. The van der Waals surface area contributed by atoms with E-state index in [1.807, 2.05) is 24.3 Å². The summed E-state index contributed by atoms with van der Waals surface area (Å²) < 4.78 is 15.0. The maximum atomic E-state index is 11.2. The summed E-state index contributed by atoms with van der Waals surface area (Å²) in [6, 6.07) is 7.43. The predicted molar refractivity (Wildman–Crippen MR) is 59.4 cm³/mol. The van der Waals surface area contributed by atoms with Crippen LogP contribution in [-0.2, 0) is 14.3 Å². The Balaban J connectivity index is 2.81. The van der Waals surface area contributed by atoms with Crippen LogP contribution in [0.4, 0.5) is 0 Å². The maximum absolute atomic E-state index is 11.2. The van der Waals surface area contributed by atoms with Gasteiger partial charge in [0.1, 0.15) is 5.75 Å². The van der Waals surface area contributed by atoms with Crippen molar-refractivity contribution in [3.05, 3.63) is 29.8 Å². The van der Waals surface area contributed by atoms with Gasteiger partial charge >= 0.3 is 5.97 Å². The molecular formula is C12H16O4. The number of benzene rings is 1. The number of carbonyl (C=O) groups excluding carboxylic acids is 1. The number of hydrogen-bond donors (Lipinski definition) is 0. The molecule has 0 radical (unpaired) electrons. The lowest BCUT2D eigenvalue weighted by Gasteiger charge is -2.15. The first-order chi connectivity index (χ1) is 7.71. The molecule has 4 nitrogen and oxygen atoms in total. The van der Waals surface area contributed by atoms with Crippen molar-refractivity contribution in [2.75, 3.05) is 21.3 Å².